The molecule has 2 nitrogen and oxygen atoms in total. The van der Waals surface area contributed by atoms with E-state index >= 15 is 0 Å². The smallest absolute Gasteiger partial charge is 0.314 e. The molecule has 0 spiro atoms. The van der Waals surface area contributed by atoms with E-state index in [-0.39, 0.29) is 11.9 Å². The summed E-state index contributed by atoms with van der Waals surface area (Å²) in [6.07, 6.45) is 26.9. The van der Waals surface area contributed by atoms with Crippen LogP contribution in [-0.2, 0) is 4.79 Å². The highest BCUT2D eigenvalue weighted by molar-refractivity contribution is 5.75. The highest BCUT2D eigenvalue weighted by Gasteiger charge is 2.33. The minimum absolute atomic E-state index is 0.0124. The minimum Gasteiger partial charge on any atom is -0.426 e. The van der Waals surface area contributed by atoms with Crippen LogP contribution in [0.5, 0.6) is 5.75 Å². The number of esters is 1. The monoisotopic (exact) mass is 508 g/mol. The van der Waals surface area contributed by atoms with E-state index in [9.17, 15) is 4.79 Å². The first kappa shape index (κ1) is 28.7. The average molecular weight is 509 g/mol. The number of benzene rings is 1. The van der Waals surface area contributed by atoms with Crippen LogP contribution < -0.4 is 4.74 Å². The molecular formula is C35H56O2. The van der Waals surface area contributed by atoms with Crippen molar-refractivity contribution in [3.8, 4) is 5.75 Å². The lowest BCUT2D eigenvalue weighted by Crippen LogP contribution is -2.30. The van der Waals surface area contributed by atoms with Gasteiger partial charge in [-0.3, -0.25) is 4.79 Å². The zero-order valence-corrected chi connectivity index (χ0v) is 24.2. The molecule has 4 rings (SSSR count). The van der Waals surface area contributed by atoms with Gasteiger partial charge in [-0.2, -0.15) is 0 Å². The van der Waals surface area contributed by atoms with Gasteiger partial charge in [0, 0.05) is 0 Å². The van der Waals surface area contributed by atoms with Gasteiger partial charge in [0.05, 0.1) is 5.92 Å². The molecule has 2 heteroatoms. The Bertz CT molecular complexity index is 759. The Balaban J connectivity index is 1.14. The van der Waals surface area contributed by atoms with Crippen molar-refractivity contribution >= 4 is 5.97 Å². The molecule has 0 saturated heterocycles. The Kier molecular flexibility index (Phi) is 11.9. The Morgan fingerprint density at radius 2 is 1.14 bits per heavy atom. The third-order valence-corrected chi connectivity index (χ3v) is 10.5. The summed E-state index contributed by atoms with van der Waals surface area (Å²) < 4.78 is 5.87. The van der Waals surface area contributed by atoms with Crippen LogP contribution >= 0.6 is 0 Å². The fourth-order valence-corrected chi connectivity index (χ4v) is 7.93. The maximum absolute atomic E-state index is 12.9. The van der Waals surface area contributed by atoms with Gasteiger partial charge in [0.1, 0.15) is 5.75 Å². The van der Waals surface area contributed by atoms with Crippen molar-refractivity contribution in [3.05, 3.63) is 29.8 Å². The average Bonchev–Trinajstić information content (AvgIpc) is 2.95. The van der Waals surface area contributed by atoms with Crippen LogP contribution in [0.15, 0.2) is 24.3 Å². The molecule has 0 heterocycles. The van der Waals surface area contributed by atoms with Crippen molar-refractivity contribution in [1.82, 2.24) is 0 Å². The van der Waals surface area contributed by atoms with Crippen molar-refractivity contribution in [1.29, 1.82) is 0 Å². The van der Waals surface area contributed by atoms with E-state index in [2.05, 4.69) is 26.0 Å². The van der Waals surface area contributed by atoms with Gasteiger partial charge in [0.15, 0.2) is 0 Å². The van der Waals surface area contributed by atoms with E-state index < -0.39 is 0 Å². The van der Waals surface area contributed by atoms with E-state index in [1.54, 1.807) is 0 Å². The van der Waals surface area contributed by atoms with Gasteiger partial charge >= 0.3 is 5.97 Å². The first-order valence-electron chi connectivity index (χ1n) is 16.5. The molecule has 1 aromatic rings. The van der Waals surface area contributed by atoms with E-state index in [0.717, 1.165) is 42.3 Å². The molecule has 3 fully saturated rings. The second kappa shape index (κ2) is 15.3. The van der Waals surface area contributed by atoms with E-state index in [1.165, 1.54) is 121 Å². The minimum atomic E-state index is 0.0124. The van der Waals surface area contributed by atoms with Crippen molar-refractivity contribution in [3.63, 3.8) is 0 Å². The van der Waals surface area contributed by atoms with Gasteiger partial charge in [-0.05, 0) is 111 Å². The summed E-state index contributed by atoms with van der Waals surface area (Å²) in [5.74, 6) is 5.25. The maximum atomic E-state index is 12.9. The van der Waals surface area contributed by atoms with Crippen molar-refractivity contribution < 1.29 is 9.53 Å². The normalized spacial score (nSPS) is 30.6. The molecule has 3 saturated carbocycles. The predicted molar refractivity (Wildman–Crippen MR) is 156 cm³/mol. The largest absolute Gasteiger partial charge is 0.426 e. The van der Waals surface area contributed by atoms with Gasteiger partial charge in [-0.25, -0.2) is 0 Å². The van der Waals surface area contributed by atoms with Crippen molar-refractivity contribution in [2.45, 2.75) is 148 Å². The van der Waals surface area contributed by atoms with Crippen LogP contribution in [0.4, 0.5) is 0 Å². The molecule has 0 atom stereocenters. The van der Waals surface area contributed by atoms with E-state index in [0.29, 0.717) is 5.92 Å². The number of ether oxygens (including phenoxy) is 1. The second-order valence-electron chi connectivity index (χ2n) is 13.1. The summed E-state index contributed by atoms with van der Waals surface area (Å²) in [6, 6.07) is 8.54. The van der Waals surface area contributed by atoms with Gasteiger partial charge < -0.3 is 4.74 Å². The highest BCUT2D eigenvalue weighted by Crippen LogP contribution is 2.43. The molecule has 0 radical (unpaired) electrons. The molecule has 3 aliphatic rings. The van der Waals surface area contributed by atoms with E-state index in [4.69, 9.17) is 4.74 Å². The molecule has 0 amide bonds. The fraction of sp³-hybridized carbons (Fsp3) is 0.800. The van der Waals surface area contributed by atoms with Crippen LogP contribution in [0.1, 0.15) is 154 Å². The van der Waals surface area contributed by atoms with Crippen molar-refractivity contribution in [2.24, 2.45) is 29.6 Å². The Labute approximate surface area is 228 Å². The zero-order valence-electron chi connectivity index (χ0n) is 24.2. The highest BCUT2D eigenvalue weighted by atomic mass is 16.5. The molecule has 1 aromatic carbocycles. The van der Waals surface area contributed by atoms with Crippen LogP contribution in [0.2, 0.25) is 0 Å². The number of rotatable bonds is 12. The molecule has 37 heavy (non-hydrogen) atoms. The first-order valence-corrected chi connectivity index (χ1v) is 16.5. The number of hydrogen-bond acceptors (Lipinski definition) is 2. The standard InChI is InChI=1S/C35H56O2/c1-3-5-7-9-27-11-15-29(16-12-27)31-19-21-33(22-20-31)35(36)37-34-25-23-32(24-26-34)30-17-13-28(14-18-30)10-8-6-4-2/h23-31,33H,3-22H2,1-2H3/t27-,28-,29-,30-,31?,33?. The lowest BCUT2D eigenvalue weighted by Gasteiger charge is -2.37. The maximum Gasteiger partial charge on any atom is 0.314 e. The third kappa shape index (κ3) is 8.86. The lowest BCUT2D eigenvalue weighted by molar-refractivity contribution is -0.140. The third-order valence-electron chi connectivity index (χ3n) is 10.5. The fourth-order valence-electron chi connectivity index (χ4n) is 7.93. The number of unbranched alkanes of at least 4 members (excludes halogenated alkanes) is 4. The summed E-state index contributed by atoms with van der Waals surface area (Å²) in [6.45, 7) is 4.60. The molecule has 0 unspecified atom stereocenters. The summed E-state index contributed by atoms with van der Waals surface area (Å²) in [4.78, 5) is 12.9. The predicted octanol–water partition coefficient (Wildman–Crippen LogP) is 10.6. The number of hydrogen-bond donors (Lipinski definition) is 0. The van der Waals surface area contributed by atoms with Gasteiger partial charge in [0.2, 0.25) is 0 Å². The van der Waals surface area contributed by atoms with Crippen LogP contribution in [-0.4, -0.2) is 5.97 Å². The van der Waals surface area contributed by atoms with Gasteiger partial charge in [-0.1, -0.05) is 90.2 Å². The summed E-state index contributed by atoms with van der Waals surface area (Å²) in [5, 5.41) is 0. The summed E-state index contributed by atoms with van der Waals surface area (Å²) >= 11 is 0. The second-order valence-corrected chi connectivity index (χ2v) is 13.1. The molecule has 208 valence electrons. The van der Waals surface area contributed by atoms with E-state index in [1.807, 2.05) is 12.1 Å². The van der Waals surface area contributed by atoms with Crippen LogP contribution in [0, 0.1) is 29.6 Å². The quantitative estimate of drug-likeness (QED) is 0.159. The summed E-state index contributed by atoms with van der Waals surface area (Å²) in [5.41, 5.74) is 1.44. The first-order chi connectivity index (χ1) is 18.2. The number of carbonyl (C=O) groups excluding carboxylic acids is 1. The SMILES string of the molecule is CCCCC[C@H]1CC[C@H](c2ccc(OC(=O)C3CCC([C@H]4CC[C@H](CCCCC)CC4)CC3)cc2)CC1. The Morgan fingerprint density at radius 1 is 0.649 bits per heavy atom. The van der Waals surface area contributed by atoms with Gasteiger partial charge in [0.25, 0.3) is 0 Å². The lowest BCUT2D eigenvalue weighted by atomic mass is 9.68. The molecule has 0 aromatic heterocycles. The molecule has 3 aliphatic carbocycles. The van der Waals surface area contributed by atoms with Crippen molar-refractivity contribution in [2.75, 3.05) is 0 Å². The molecular weight excluding hydrogens is 452 g/mol. The van der Waals surface area contributed by atoms with Gasteiger partial charge in [-0.15, -0.1) is 0 Å². The topological polar surface area (TPSA) is 26.3 Å². The summed E-state index contributed by atoms with van der Waals surface area (Å²) in [7, 11) is 0. The molecule has 0 aliphatic heterocycles. The number of carbonyl (C=O) groups is 1. The Morgan fingerprint density at radius 3 is 1.65 bits per heavy atom. The molecule has 0 bridgehead atoms. The zero-order chi connectivity index (χ0) is 25.9. The van der Waals surface area contributed by atoms with Crippen LogP contribution in [0.25, 0.3) is 0 Å². The van der Waals surface area contributed by atoms with Crippen LogP contribution in [0.3, 0.4) is 0 Å². The Hall–Kier alpha value is -1.31. The molecule has 0 N–H and O–H groups in total.